The molecule has 0 saturated carbocycles. The zero-order valence-corrected chi connectivity index (χ0v) is 17.7. The van der Waals surface area contributed by atoms with Crippen LogP contribution in [0.3, 0.4) is 0 Å². The second-order valence-corrected chi connectivity index (χ2v) is 7.29. The van der Waals surface area contributed by atoms with Gasteiger partial charge in [-0.25, -0.2) is 5.43 Å². The Labute approximate surface area is 183 Å². The molecule has 0 spiro atoms. The molecule has 0 atom stereocenters. The fourth-order valence-electron chi connectivity index (χ4n) is 2.90. The number of benzene rings is 3. The van der Waals surface area contributed by atoms with Gasteiger partial charge in [0, 0.05) is 0 Å². The van der Waals surface area contributed by atoms with E-state index in [9.17, 15) is 9.90 Å². The second kappa shape index (κ2) is 10.0. The fourth-order valence-corrected chi connectivity index (χ4v) is 3.41. The van der Waals surface area contributed by atoms with E-state index in [0.29, 0.717) is 23.5 Å². The number of nitrogens with zero attached hydrogens (tertiary/aromatic N) is 1. The first-order valence-corrected chi connectivity index (χ1v) is 10.0. The van der Waals surface area contributed by atoms with Gasteiger partial charge in [0.25, 0.3) is 5.91 Å². The van der Waals surface area contributed by atoms with E-state index in [0.717, 1.165) is 10.0 Å². The number of nitrogens with one attached hydrogen (secondary N) is 1. The van der Waals surface area contributed by atoms with Gasteiger partial charge in [0.1, 0.15) is 12.4 Å². The predicted molar refractivity (Wildman–Crippen MR) is 121 cm³/mol. The molecule has 0 bridgehead atoms. The number of aliphatic hydroxyl groups is 1. The molecule has 1 amide bonds. The Hall–Kier alpha value is -3.22. The van der Waals surface area contributed by atoms with Gasteiger partial charge in [-0.3, -0.25) is 4.79 Å². The summed E-state index contributed by atoms with van der Waals surface area (Å²) in [4.78, 5) is 13.0. The number of hydrogen-bond donors (Lipinski definition) is 2. The van der Waals surface area contributed by atoms with Crippen LogP contribution >= 0.6 is 15.9 Å². The lowest BCUT2D eigenvalue weighted by Gasteiger charge is -2.27. The zero-order chi connectivity index (χ0) is 21.4. The monoisotopic (exact) mass is 464 g/mol. The highest BCUT2D eigenvalue weighted by Gasteiger charge is 2.39. The molecule has 2 N–H and O–H groups in total. The minimum absolute atomic E-state index is 0.402. The van der Waals surface area contributed by atoms with Gasteiger partial charge in [-0.2, -0.15) is 5.10 Å². The Morgan fingerprint density at radius 1 is 1.07 bits per heavy atom. The number of halogens is 1. The minimum atomic E-state index is -1.87. The summed E-state index contributed by atoms with van der Waals surface area (Å²) in [5, 5.41) is 15.4. The molecule has 0 aliphatic rings. The van der Waals surface area contributed by atoms with Crippen LogP contribution in [0.5, 0.6) is 5.75 Å². The Morgan fingerprint density at radius 2 is 1.67 bits per heavy atom. The van der Waals surface area contributed by atoms with Gasteiger partial charge in [-0.1, -0.05) is 73.3 Å². The van der Waals surface area contributed by atoms with Crippen LogP contribution in [0.1, 0.15) is 16.7 Å². The van der Waals surface area contributed by atoms with Gasteiger partial charge < -0.3 is 9.84 Å². The Bertz CT molecular complexity index is 997. The summed E-state index contributed by atoms with van der Waals surface area (Å²) in [6, 6.07) is 23.0. The molecule has 6 heteroatoms. The number of hydrogen-bond acceptors (Lipinski definition) is 4. The number of rotatable bonds is 8. The second-order valence-electron chi connectivity index (χ2n) is 6.43. The lowest BCUT2D eigenvalue weighted by Crippen LogP contribution is -2.43. The van der Waals surface area contributed by atoms with Crippen molar-refractivity contribution in [3.05, 3.63) is 113 Å². The number of hydrazone groups is 1. The van der Waals surface area contributed by atoms with E-state index in [1.807, 2.05) is 18.2 Å². The van der Waals surface area contributed by atoms with Crippen molar-refractivity contribution >= 4 is 28.1 Å². The molecule has 0 heterocycles. The van der Waals surface area contributed by atoms with E-state index in [1.54, 1.807) is 66.7 Å². The third-order valence-electron chi connectivity index (χ3n) is 4.40. The number of carbonyl (C=O) groups is 1. The number of carbonyl (C=O) groups excluding carboxylic acids is 1. The molecule has 3 aromatic carbocycles. The third kappa shape index (κ3) is 4.84. The highest BCUT2D eigenvalue weighted by Crippen LogP contribution is 2.30. The summed E-state index contributed by atoms with van der Waals surface area (Å²) in [6.45, 7) is 4.02. The van der Waals surface area contributed by atoms with Crippen LogP contribution < -0.4 is 10.2 Å². The maximum absolute atomic E-state index is 13.0. The molecule has 0 saturated heterocycles. The first kappa shape index (κ1) is 21.5. The molecule has 0 fully saturated rings. The van der Waals surface area contributed by atoms with Crippen molar-refractivity contribution in [2.24, 2.45) is 5.10 Å². The van der Waals surface area contributed by atoms with Crippen molar-refractivity contribution in [3.63, 3.8) is 0 Å². The molecular formula is C24H21BrN2O3. The summed E-state index contributed by atoms with van der Waals surface area (Å²) in [5.41, 5.74) is 2.24. The molecule has 0 aliphatic heterocycles. The van der Waals surface area contributed by atoms with Crippen LogP contribution in [0.4, 0.5) is 0 Å². The van der Waals surface area contributed by atoms with Crippen LogP contribution in [0.25, 0.3) is 0 Å². The minimum Gasteiger partial charge on any atom is -0.488 e. The van der Waals surface area contributed by atoms with Crippen molar-refractivity contribution in [2.45, 2.75) is 5.60 Å². The topological polar surface area (TPSA) is 70.9 Å². The molecule has 0 aliphatic carbocycles. The molecule has 3 rings (SSSR count). The molecule has 0 aromatic heterocycles. The van der Waals surface area contributed by atoms with Crippen molar-refractivity contribution < 1.29 is 14.6 Å². The summed E-state index contributed by atoms with van der Waals surface area (Å²) >= 11 is 3.44. The van der Waals surface area contributed by atoms with Crippen molar-refractivity contribution in [3.8, 4) is 5.75 Å². The maximum Gasteiger partial charge on any atom is 0.281 e. The predicted octanol–water partition coefficient (Wildman–Crippen LogP) is 4.40. The zero-order valence-electron chi connectivity index (χ0n) is 16.2. The molecule has 3 aromatic rings. The van der Waals surface area contributed by atoms with Crippen molar-refractivity contribution in [1.82, 2.24) is 5.43 Å². The van der Waals surface area contributed by atoms with Crippen LogP contribution in [-0.2, 0) is 10.4 Å². The van der Waals surface area contributed by atoms with E-state index >= 15 is 0 Å². The summed E-state index contributed by atoms with van der Waals surface area (Å²) in [6.07, 6.45) is 3.16. The molecule has 152 valence electrons. The Kier molecular flexibility index (Phi) is 7.17. The normalized spacial score (nSPS) is 11.3. The van der Waals surface area contributed by atoms with Gasteiger partial charge in [0.05, 0.1) is 10.7 Å². The van der Waals surface area contributed by atoms with Gasteiger partial charge in [0.2, 0.25) is 0 Å². The van der Waals surface area contributed by atoms with E-state index in [1.165, 1.54) is 6.21 Å². The van der Waals surface area contributed by atoms with Crippen LogP contribution in [0.2, 0.25) is 0 Å². The molecular weight excluding hydrogens is 444 g/mol. The molecule has 30 heavy (non-hydrogen) atoms. The average Bonchev–Trinajstić information content (AvgIpc) is 2.79. The van der Waals surface area contributed by atoms with Crippen LogP contribution in [0, 0.1) is 0 Å². The average molecular weight is 465 g/mol. The van der Waals surface area contributed by atoms with Crippen LogP contribution in [-0.4, -0.2) is 23.8 Å². The highest BCUT2D eigenvalue weighted by molar-refractivity contribution is 9.10. The van der Waals surface area contributed by atoms with E-state index < -0.39 is 11.5 Å². The fraction of sp³-hybridized carbons (Fsp3) is 0.0833. The van der Waals surface area contributed by atoms with Gasteiger partial charge >= 0.3 is 0 Å². The van der Waals surface area contributed by atoms with Gasteiger partial charge in [-0.05, 0) is 50.8 Å². The molecule has 0 radical (unpaired) electrons. The highest BCUT2D eigenvalue weighted by atomic mass is 79.9. The first-order valence-electron chi connectivity index (χ1n) is 9.26. The van der Waals surface area contributed by atoms with E-state index in [2.05, 4.69) is 33.0 Å². The lowest BCUT2D eigenvalue weighted by atomic mass is 9.85. The third-order valence-corrected chi connectivity index (χ3v) is 5.02. The van der Waals surface area contributed by atoms with Crippen LogP contribution in [0.15, 0.2) is 101 Å². The summed E-state index contributed by atoms with van der Waals surface area (Å²) in [5.74, 6) is 0.0276. The van der Waals surface area contributed by atoms with Crippen molar-refractivity contribution in [2.75, 3.05) is 6.61 Å². The lowest BCUT2D eigenvalue weighted by molar-refractivity contribution is -0.136. The van der Waals surface area contributed by atoms with Crippen molar-refractivity contribution in [1.29, 1.82) is 0 Å². The van der Waals surface area contributed by atoms with E-state index in [-0.39, 0.29) is 0 Å². The number of ether oxygens (including phenoxy) is 1. The molecule has 0 unspecified atom stereocenters. The van der Waals surface area contributed by atoms with E-state index in [4.69, 9.17) is 4.74 Å². The van der Waals surface area contributed by atoms with Gasteiger partial charge in [-0.15, -0.1) is 0 Å². The quantitative estimate of drug-likeness (QED) is 0.294. The summed E-state index contributed by atoms with van der Waals surface area (Å²) in [7, 11) is 0. The standard InChI is InChI=1S/C24H21BrN2O3/c1-2-15-30-22-14-13-18(16-21(22)25)17-26-27-23(28)24(29,19-9-5-3-6-10-19)20-11-7-4-8-12-20/h2-14,16-17,29H,1,15H2,(H,27,28)/b26-17-. The van der Waals surface area contributed by atoms with Gasteiger partial charge in [0.15, 0.2) is 5.60 Å². The Morgan fingerprint density at radius 3 is 2.20 bits per heavy atom. The first-order chi connectivity index (χ1) is 14.6. The smallest absolute Gasteiger partial charge is 0.281 e. The maximum atomic E-state index is 13.0. The summed E-state index contributed by atoms with van der Waals surface area (Å²) < 4.78 is 6.27. The molecule has 5 nitrogen and oxygen atoms in total. The number of amides is 1. The largest absolute Gasteiger partial charge is 0.488 e. The Balaban J connectivity index is 1.80. The SMILES string of the molecule is C=CCOc1ccc(/C=N\NC(=O)C(O)(c2ccccc2)c2ccccc2)cc1Br.